The Bertz CT molecular complexity index is 1040. The van der Waals surface area contributed by atoms with Crippen molar-refractivity contribution < 1.29 is 4.79 Å². The maximum Gasteiger partial charge on any atom is 0.252 e. The summed E-state index contributed by atoms with van der Waals surface area (Å²) in [5.41, 5.74) is 3.05. The summed E-state index contributed by atoms with van der Waals surface area (Å²) in [5, 5.41) is 8.32. The van der Waals surface area contributed by atoms with E-state index in [1.807, 2.05) is 29.8 Å². The molecule has 2 aromatic heterocycles. The largest absolute Gasteiger partial charge is 0.351 e. The molecule has 3 aromatic rings. The lowest BCUT2D eigenvalue weighted by atomic mass is 10.1. The van der Waals surface area contributed by atoms with Crippen LogP contribution in [0.25, 0.3) is 10.9 Å². The van der Waals surface area contributed by atoms with Crippen molar-refractivity contribution in [1.29, 1.82) is 0 Å². The van der Waals surface area contributed by atoms with E-state index in [0.29, 0.717) is 17.6 Å². The Morgan fingerprint density at radius 2 is 2.04 bits per heavy atom. The van der Waals surface area contributed by atoms with E-state index in [2.05, 4.69) is 28.4 Å². The molecule has 134 valence electrons. The molecule has 6 nitrogen and oxygen atoms in total. The number of benzene rings is 1. The number of hydrogen-bond acceptors (Lipinski definition) is 3. The quantitative estimate of drug-likeness (QED) is 0.742. The average Bonchev–Trinajstić information content (AvgIpc) is 3.30. The third kappa shape index (κ3) is 3.14. The fourth-order valence-corrected chi connectivity index (χ4v) is 3.48. The van der Waals surface area contributed by atoms with Crippen molar-refractivity contribution in [3.8, 4) is 0 Å². The van der Waals surface area contributed by atoms with Crippen molar-refractivity contribution in [1.82, 2.24) is 20.1 Å². The van der Waals surface area contributed by atoms with Gasteiger partial charge in [-0.1, -0.05) is 18.2 Å². The van der Waals surface area contributed by atoms with Gasteiger partial charge in [0.2, 0.25) is 5.56 Å². The topological polar surface area (TPSA) is 79.8 Å². The van der Waals surface area contributed by atoms with Crippen LogP contribution in [0.2, 0.25) is 0 Å². The van der Waals surface area contributed by atoms with Crippen molar-refractivity contribution in [2.45, 2.75) is 33.2 Å². The number of carbonyl (C=O) groups excluding carboxylic acids is 1. The van der Waals surface area contributed by atoms with E-state index in [1.54, 1.807) is 6.07 Å². The molecule has 1 saturated carbocycles. The summed E-state index contributed by atoms with van der Waals surface area (Å²) in [6.45, 7) is 5.44. The first-order chi connectivity index (χ1) is 12.5. The second kappa shape index (κ2) is 6.12. The van der Waals surface area contributed by atoms with Crippen LogP contribution in [-0.4, -0.2) is 27.2 Å². The molecule has 1 aliphatic rings. The first kappa shape index (κ1) is 16.6. The van der Waals surface area contributed by atoms with Gasteiger partial charge >= 0.3 is 0 Å². The number of aromatic amines is 1. The second-order valence-electron chi connectivity index (χ2n) is 7.36. The predicted octanol–water partition coefficient (Wildman–Crippen LogP) is 2.55. The van der Waals surface area contributed by atoms with Gasteiger partial charge in [-0.25, -0.2) is 0 Å². The van der Waals surface area contributed by atoms with Gasteiger partial charge in [0.1, 0.15) is 0 Å². The highest BCUT2D eigenvalue weighted by atomic mass is 16.2. The number of carbonyl (C=O) groups is 1. The minimum Gasteiger partial charge on any atom is -0.351 e. The van der Waals surface area contributed by atoms with E-state index in [-0.39, 0.29) is 16.9 Å². The first-order valence-electron chi connectivity index (χ1n) is 8.87. The van der Waals surface area contributed by atoms with E-state index >= 15 is 0 Å². The maximum atomic E-state index is 12.7. The molecule has 0 spiro atoms. The molecule has 1 amide bonds. The molecule has 6 heteroatoms. The number of rotatable bonds is 5. The van der Waals surface area contributed by atoms with E-state index in [1.165, 1.54) is 6.07 Å². The van der Waals surface area contributed by atoms with E-state index in [4.69, 9.17) is 0 Å². The van der Waals surface area contributed by atoms with Crippen LogP contribution in [0.4, 0.5) is 0 Å². The summed E-state index contributed by atoms with van der Waals surface area (Å²) >= 11 is 0. The van der Waals surface area contributed by atoms with Crippen molar-refractivity contribution in [2.75, 3.05) is 6.54 Å². The molecule has 1 fully saturated rings. The molecule has 2 N–H and O–H groups in total. The van der Waals surface area contributed by atoms with Gasteiger partial charge < -0.3 is 10.3 Å². The fraction of sp³-hybridized carbons (Fsp3) is 0.350. The fourth-order valence-electron chi connectivity index (χ4n) is 3.48. The molecular formula is C20H22N4O2. The number of hydrogen-bond donors (Lipinski definition) is 2. The Kier molecular flexibility index (Phi) is 3.90. The van der Waals surface area contributed by atoms with Crippen LogP contribution < -0.4 is 10.9 Å². The molecule has 4 rings (SSSR count). The van der Waals surface area contributed by atoms with E-state index < -0.39 is 0 Å². The van der Waals surface area contributed by atoms with Crippen LogP contribution in [-0.2, 0) is 6.54 Å². The summed E-state index contributed by atoms with van der Waals surface area (Å²) in [6, 6.07) is 10.8. The molecule has 1 aliphatic carbocycles. The van der Waals surface area contributed by atoms with Crippen LogP contribution in [0.5, 0.6) is 0 Å². The monoisotopic (exact) mass is 350 g/mol. The molecule has 0 bridgehead atoms. The third-order valence-electron chi connectivity index (χ3n) is 5.16. The summed E-state index contributed by atoms with van der Waals surface area (Å²) in [6.07, 6.45) is 2.14. The highest BCUT2D eigenvalue weighted by Crippen LogP contribution is 2.46. The summed E-state index contributed by atoms with van der Waals surface area (Å²) < 4.78 is 2.02. The van der Waals surface area contributed by atoms with Crippen molar-refractivity contribution >= 4 is 16.8 Å². The molecule has 0 radical (unpaired) electrons. The molecule has 1 aromatic carbocycles. The number of amides is 1. The minimum atomic E-state index is -0.266. The lowest BCUT2D eigenvalue weighted by Crippen LogP contribution is -2.33. The number of fused-ring (bicyclic) bond motifs is 1. The lowest BCUT2D eigenvalue weighted by molar-refractivity contribution is 0.0944. The van der Waals surface area contributed by atoms with Crippen LogP contribution >= 0.6 is 0 Å². The average molecular weight is 350 g/mol. The highest BCUT2D eigenvalue weighted by molar-refractivity contribution is 6.05. The Labute approximate surface area is 151 Å². The van der Waals surface area contributed by atoms with E-state index in [0.717, 1.165) is 36.2 Å². The maximum absolute atomic E-state index is 12.7. The van der Waals surface area contributed by atoms with Gasteiger partial charge in [-0.2, -0.15) is 5.10 Å². The zero-order valence-corrected chi connectivity index (χ0v) is 15.0. The number of nitrogens with zero attached hydrogens (tertiary/aromatic N) is 2. The SMILES string of the molecule is Cc1cc(C)n(CC2(CNC(=O)c3cc(=O)[nH]c4ccccc34)CC2)n1. The molecule has 0 aliphatic heterocycles. The Morgan fingerprint density at radius 3 is 2.73 bits per heavy atom. The number of aryl methyl sites for hydroxylation is 2. The minimum absolute atomic E-state index is 0.0654. The highest BCUT2D eigenvalue weighted by Gasteiger charge is 2.43. The van der Waals surface area contributed by atoms with Gasteiger partial charge in [-0.05, 0) is 38.8 Å². The number of para-hydroxylation sites is 1. The van der Waals surface area contributed by atoms with Crippen molar-refractivity contribution in [3.63, 3.8) is 0 Å². The zero-order valence-electron chi connectivity index (χ0n) is 15.0. The zero-order chi connectivity index (χ0) is 18.3. The Balaban J connectivity index is 1.51. The second-order valence-corrected chi connectivity index (χ2v) is 7.36. The van der Waals surface area contributed by atoms with Crippen LogP contribution in [0.1, 0.15) is 34.6 Å². The smallest absolute Gasteiger partial charge is 0.252 e. The van der Waals surface area contributed by atoms with Gasteiger partial charge in [-0.3, -0.25) is 14.3 Å². The molecule has 0 unspecified atom stereocenters. The summed E-state index contributed by atoms with van der Waals surface area (Å²) in [4.78, 5) is 27.3. The summed E-state index contributed by atoms with van der Waals surface area (Å²) in [7, 11) is 0. The first-order valence-corrected chi connectivity index (χ1v) is 8.87. The molecule has 2 heterocycles. The normalized spacial score (nSPS) is 15.2. The van der Waals surface area contributed by atoms with Gasteiger partial charge in [0.05, 0.1) is 11.3 Å². The van der Waals surface area contributed by atoms with Gasteiger partial charge in [-0.15, -0.1) is 0 Å². The van der Waals surface area contributed by atoms with Gasteiger partial charge in [0.15, 0.2) is 0 Å². The van der Waals surface area contributed by atoms with Crippen LogP contribution in [0.3, 0.4) is 0 Å². The van der Waals surface area contributed by atoms with E-state index in [9.17, 15) is 9.59 Å². The number of nitrogens with one attached hydrogen (secondary N) is 2. The molecule has 0 saturated heterocycles. The molecule has 26 heavy (non-hydrogen) atoms. The van der Waals surface area contributed by atoms with Gasteiger partial charge in [0, 0.05) is 41.2 Å². The van der Waals surface area contributed by atoms with Crippen LogP contribution in [0, 0.1) is 19.3 Å². The summed E-state index contributed by atoms with van der Waals surface area (Å²) in [5.74, 6) is -0.202. The van der Waals surface area contributed by atoms with Crippen molar-refractivity contribution in [3.05, 3.63) is 63.7 Å². The Hall–Kier alpha value is -2.89. The molecule has 0 atom stereocenters. The van der Waals surface area contributed by atoms with Crippen molar-refractivity contribution in [2.24, 2.45) is 5.41 Å². The van der Waals surface area contributed by atoms with Crippen LogP contribution in [0.15, 0.2) is 41.2 Å². The predicted molar refractivity (Wildman–Crippen MR) is 100 cm³/mol. The Morgan fingerprint density at radius 1 is 1.27 bits per heavy atom. The standard InChI is InChI=1S/C20H22N4O2/c1-13-9-14(2)24(23-13)12-20(7-8-20)11-21-19(26)16-10-18(25)22-17-6-4-3-5-15(16)17/h3-6,9-10H,7-8,11-12H2,1-2H3,(H,21,26)(H,22,25). The van der Waals surface area contributed by atoms with Gasteiger partial charge in [0.25, 0.3) is 5.91 Å². The number of pyridine rings is 1. The lowest BCUT2D eigenvalue weighted by Gasteiger charge is -2.17. The third-order valence-corrected chi connectivity index (χ3v) is 5.16. The number of aromatic nitrogens is 3. The number of H-pyrrole nitrogens is 1. The molecular weight excluding hydrogens is 328 g/mol.